The number of aliphatic hydroxyl groups excluding tert-OH is 1. The molecule has 12 heavy (non-hydrogen) atoms. The average Bonchev–Trinajstić information content (AvgIpc) is 1.99. The summed E-state index contributed by atoms with van der Waals surface area (Å²) in [5.41, 5.74) is 0. The van der Waals surface area contributed by atoms with Crippen molar-refractivity contribution in [2.24, 2.45) is 5.92 Å². The van der Waals surface area contributed by atoms with Crippen molar-refractivity contribution < 1.29 is 15.0 Å². The topological polar surface area (TPSA) is 57.5 Å². The van der Waals surface area contributed by atoms with Crippen molar-refractivity contribution in [3.63, 3.8) is 0 Å². The van der Waals surface area contributed by atoms with Gasteiger partial charge in [-0.3, -0.25) is 4.79 Å². The molecule has 0 heterocycles. The van der Waals surface area contributed by atoms with Crippen molar-refractivity contribution in [1.29, 1.82) is 0 Å². The minimum absolute atomic E-state index is 0.293. The molecule has 0 aromatic carbocycles. The first-order valence-corrected chi connectivity index (χ1v) is 4.58. The lowest BCUT2D eigenvalue weighted by molar-refractivity contribution is -0.143. The summed E-state index contributed by atoms with van der Waals surface area (Å²) in [6.45, 7) is 0. The van der Waals surface area contributed by atoms with Crippen LogP contribution in [0.15, 0.2) is 0 Å². The highest BCUT2D eigenvalue weighted by atomic mass is 35.5. The molecule has 1 saturated carbocycles. The first kappa shape index (κ1) is 10.1. The van der Waals surface area contributed by atoms with Gasteiger partial charge in [-0.05, 0) is 12.8 Å². The van der Waals surface area contributed by atoms with Crippen LogP contribution in [0.1, 0.15) is 12.8 Å². The van der Waals surface area contributed by atoms with Crippen LogP contribution in [0, 0.1) is 5.92 Å². The second kappa shape index (κ2) is 3.81. The standard InChI is InChI=1S/C7H10Cl2O3/c8-4-1-3(7(11)12)2-5(9)6(4)10/h3-6,10H,1-2H2,(H,11,12)/t3?,4-,5-,6?/m0/s1. The third kappa shape index (κ3) is 2.03. The van der Waals surface area contributed by atoms with E-state index in [4.69, 9.17) is 28.3 Å². The summed E-state index contributed by atoms with van der Waals surface area (Å²) in [6.07, 6.45) is -0.202. The van der Waals surface area contributed by atoms with Crippen LogP contribution < -0.4 is 0 Å². The number of halogens is 2. The van der Waals surface area contributed by atoms with E-state index in [1.54, 1.807) is 0 Å². The van der Waals surface area contributed by atoms with Gasteiger partial charge in [-0.15, -0.1) is 23.2 Å². The first-order valence-electron chi connectivity index (χ1n) is 3.71. The molecule has 0 bridgehead atoms. The number of carboxylic acids is 1. The molecule has 0 spiro atoms. The summed E-state index contributed by atoms with van der Waals surface area (Å²) in [6, 6.07) is 0. The number of hydrogen-bond donors (Lipinski definition) is 2. The molecule has 0 aromatic rings. The molecule has 0 aromatic heterocycles. The van der Waals surface area contributed by atoms with E-state index >= 15 is 0 Å². The Kier molecular flexibility index (Phi) is 3.21. The van der Waals surface area contributed by atoms with Crippen LogP contribution in [0.2, 0.25) is 0 Å². The second-order valence-electron chi connectivity index (χ2n) is 3.03. The molecular formula is C7H10Cl2O3. The zero-order valence-corrected chi connectivity index (χ0v) is 7.79. The van der Waals surface area contributed by atoms with Crippen LogP contribution in [0.4, 0.5) is 0 Å². The maximum atomic E-state index is 10.6. The van der Waals surface area contributed by atoms with Gasteiger partial charge in [0.25, 0.3) is 0 Å². The van der Waals surface area contributed by atoms with Gasteiger partial charge in [0.2, 0.25) is 0 Å². The van der Waals surface area contributed by atoms with E-state index in [-0.39, 0.29) is 0 Å². The van der Waals surface area contributed by atoms with Crippen LogP contribution in [0.25, 0.3) is 0 Å². The summed E-state index contributed by atoms with van der Waals surface area (Å²) >= 11 is 11.4. The van der Waals surface area contributed by atoms with Crippen LogP contribution in [0.3, 0.4) is 0 Å². The summed E-state index contributed by atoms with van der Waals surface area (Å²) < 4.78 is 0. The van der Waals surface area contributed by atoms with E-state index in [1.165, 1.54) is 0 Å². The Labute approximate surface area is 80.3 Å². The van der Waals surface area contributed by atoms with Gasteiger partial charge in [-0.25, -0.2) is 0 Å². The Hall–Kier alpha value is 0.01000. The molecule has 0 radical (unpaired) electrons. The number of aliphatic carboxylic acids is 1. The Morgan fingerprint density at radius 3 is 2.00 bits per heavy atom. The fourth-order valence-corrected chi connectivity index (χ4v) is 2.20. The highest BCUT2D eigenvalue weighted by molar-refractivity contribution is 6.24. The number of rotatable bonds is 1. The lowest BCUT2D eigenvalue weighted by Crippen LogP contribution is -2.41. The molecule has 1 aliphatic carbocycles. The lowest BCUT2D eigenvalue weighted by atomic mass is 9.87. The molecule has 2 atom stereocenters. The number of alkyl halides is 2. The molecule has 5 heteroatoms. The number of aliphatic hydroxyl groups is 1. The fraction of sp³-hybridized carbons (Fsp3) is 0.857. The van der Waals surface area contributed by atoms with Gasteiger partial charge in [0.15, 0.2) is 0 Å². The van der Waals surface area contributed by atoms with Crippen LogP contribution in [0.5, 0.6) is 0 Å². The summed E-state index contributed by atoms with van der Waals surface area (Å²) in [5, 5.41) is 16.9. The maximum absolute atomic E-state index is 10.6. The van der Waals surface area contributed by atoms with Crippen molar-refractivity contribution in [1.82, 2.24) is 0 Å². The summed E-state index contributed by atoms with van der Waals surface area (Å²) in [5.74, 6) is -1.41. The van der Waals surface area contributed by atoms with Crippen molar-refractivity contribution in [3.05, 3.63) is 0 Å². The van der Waals surface area contributed by atoms with E-state index in [0.717, 1.165) is 0 Å². The third-order valence-electron chi connectivity index (χ3n) is 2.11. The zero-order chi connectivity index (χ0) is 9.30. The van der Waals surface area contributed by atoms with Gasteiger partial charge in [-0.2, -0.15) is 0 Å². The van der Waals surface area contributed by atoms with Gasteiger partial charge in [-0.1, -0.05) is 0 Å². The molecule has 0 aliphatic heterocycles. The Morgan fingerprint density at radius 2 is 1.67 bits per heavy atom. The number of carboxylic acid groups (broad SMARTS) is 1. The molecule has 0 amide bonds. The maximum Gasteiger partial charge on any atom is 0.306 e. The van der Waals surface area contributed by atoms with E-state index in [0.29, 0.717) is 12.8 Å². The van der Waals surface area contributed by atoms with Crippen LogP contribution in [-0.4, -0.2) is 33.0 Å². The smallest absolute Gasteiger partial charge is 0.306 e. The molecule has 0 unspecified atom stereocenters. The first-order chi connectivity index (χ1) is 5.52. The van der Waals surface area contributed by atoms with Crippen LogP contribution in [-0.2, 0) is 4.79 Å². The highest BCUT2D eigenvalue weighted by Crippen LogP contribution is 2.31. The lowest BCUT2D eigenvalue weighted by Gasteiger charge is -2.31. The average molecular weight is 213 g/mol. The van der Waals surface area contributed by atoms with Crippen molar-refractivity contribution in [2.75, 3.05) is 0 Å². The predicted molar refractivity (Wildman–Crippen MR) is 45.6 cm³/mol. The zero-order valence-electron chi connectivity index (χ0n) is 6.28. The Bertz CT molecular complexity index is 173. The Morgan fingerprint density at radius 1 is 1.25 bits per heavy atom. The molecule has 1 rings (SSSR count). The van der Waals surface area contributed by atoms with Gasteiger partial charge in [0.05, 0.1) is 22.8 Å². The molecular weight excluding hydrogens is 203 g/mol. The highest BCUT2D eigenvalue weighted by Gasteiger charge is 2.37. The van der Waals surface area contributed by atoms with Gasteiger partial charge < -0.3 is 10.2 Å². The molecule has 0 saturated heterocycles. The molecule has 70 valence electrons. The summed E-state index contributed by atoms with van der Waals surface area (Å²) in [7, 11) is 0. The van der Waals surface area contributed by atoms with E-state index in [9.17, 15) is 9.90 Å². The SMILES string of the molecule is O=C(O)C1C[C@H](Cl)C(O)[C@@H](Cl)C1. The quantitative estimate of drug-likeness (QED) is 0.640. The van der Waals surface area contributed by atoms with Crippen molar-refractivity contribution >= 4 is 29.2 Å². The van der Waals surface area contributed by atoms with Gasteiger partial charge >= 0.3 is 5.97 Å². The fourth-order valence-electron chi connectivity index (χ4n) is 1.35. The predicted octanol–water partition coefficient (Wildman–Crippen LogP) is 1.06. The largest absolute Gasteiger partial charge is 0.481 e. The number of carbonyl (C=O) groups is 1. The van der Waals surface area contributed by atoms with Gasteiger partial charge in [0.1, 0.15) is 0 Å². The Balaban J connectivity index is 2.59. The monoisotopic (exact) mass is 212 g/mol. The minimum atomic E-state index is -0.891. The van der Waals surface area contributed by atoms with Gasteiger partial charge in [0, 0.05) is 0 Å². The normalized spacial score (nSPS) is 42.6. The molecule has 1 aliphatic rings. The summed E-state index contributed by atoms with van der Waals surface area (Å²) in [4.78, 5) is 10.6. The second-order valence-corrected chi connectivity index (χ2v) is 4.15. The molecule has 3 nitrogen and oxygen atoms in total. The van der Waals surface area contributed by atoms with Crippen molar-refractivity contribution in [3.8, 4) is 0 Å². The molecule has 2 N–H and O–H groups in total. The molecule has 1 fully saturated rings. The van der Waals surface area contributed by atoms with Crippen LogP contribution >= 0.6 is 23.2 Å². The van der Waals surface area contributed by atoms with E-state index in [1.807, 2.05) is 0 Å². The van der Waals surface area contributed by atoms with Crippen molar-refractivity contribution in [2.45, 2.75) is 29.7 Å². The minimum Gasteiger partial charge on any atom is -0.481 e. The number of hydrogen-bond acceptors (Lipinski definition) is 2. The third-order valence-corrected chi connectivity index (χ3v) is 2.98. The van der Waals surface area contributed by atoms with E-state index < -0.39 is 28.7 Å². The van der Waals surface area contributed by atoms with E-state index in [2.05, 4.69) is 0 Å².